The lowest BCUT2D eigenvalue weighted by atomic mass is 9.82. The van der Waals surface area contributed by atoms with Crippen LogP contribution in [0.2, 0.25) is 0 Å². The van der Waals surface area contributed by atoms with Gasteiger partial charge in [0.2, 0.25) is 10.9 Å². The van der Waals surface area contributed by atoms with Crippen LogP contribution in [0.1, 0.15) is 33.3 Å². The van der Waals surface area contributed by atoms with E-state index in [1.165, 1.54) is 0 Å². The van der Waals surface area contributed by atoms with Gasteiger partial charge in [0.1, 0.15) is 0 Å². The normalized spacial score (nSPS) is 11.8. The molecule has 0 spiro atoms. The molecular weight excluding hydrogens is 306 g/mol. The first kappa shape index (κ1) is 22.8. The van der Waals surface area contributed by atoms with Gasteiger partial charge in [-0.05, 0) is 40.2 Å². The minimum absolute atomic E-state index is 0.293. The summed E-state index contributed by atoms with van der Waals surface area (Å²) in [6, 6.07) is 0. The molecule has 1 N–H and O–H groups in total. The third-order valence-electron chi connectivity index (χ3n) is 3.52. The Morgan fingerprint density at radius 2 is 1.50 bits per heavy atom. The minimum Gasteiger partial charge on any atom is -0.379 e. The molecule has 0 aliphatic carbocycles. The van der Waals surface area contributed by atoms with E-state index < -0.39 is 5.43 Å². The predicted octanol–water partition coefficient (Wildman–Crippen LogP) is 1.14. The number of likely N-dealkylation sites (N-methyl/N-ethyl adjacent to an activating group) is 1. The Morgan fingerprint density at radius 3 is 1.92 bits per heavy atom. The summed E-state index contributed by atoms with van der Waals surface area (Å²) in [4.78, 5) is 27.2. The first-order valence-corrected chi connectivity index (χ1v) is 8.47. The van der Waals surface area contributed by atoms with Crippen molar-refractivity contribution in [1.29, 1.82) is 0 Å². The lowest BCUT2D eigenvalue weighted by Crippen LogP contribution is -2.43. The molecule has 0 unspecified atom stereocenters. The van der Waals surface area contributed by atoms with Gasteiger partial charge in [-0.1, -0.05) is 27.7 Å². The zero-order valence-electron chi connectivity index (χ0n) is 16.7. The van der Waals surface area contributed by atoms with E-state index in [-0.39, 0.29) is 10.8 Å². The maximum absolute atomic E-state index is 11.5. The Morgan fingerprint density at radius 1 is 0.958 bits per heavy atom. The molecule has 1 aromatic rings. The van der Waals surface area contributed by atoms with Crippen LogP contribution in [0.15, 0.2) is 9.59 Å². The molecule has 0 saturated carbocycles. The van der Waals surface area contributed by atoms with Crippen LogP contribution in [0.25, 0.3) is 0 Å². The highest BCUT2D eigenvalue weighted by Crippen LogP contribution is 2.25. The Kier molecular flexibility index (Phi) is 10.0. The van der Waals surface area contributed by atoms with Crippen molar-refractivity contribution in [3.63, 3.8) is 0 Å². The van der Waals surface area contributed by atoms with E-state index in [4.69, 9.17) is 4.74 Å². The van der Waals surface area contributed by atoms with Crippen molar-refractivity contribution in [2.75, 3.05) is 66.4 Å². The number of hydrogen-bond acceptors (Lipinski definition) is 6. The van der Waals surface area contributed by atoms with E-state index in [0.717, 1.165) is 13.1 Å². The van der Waals surface area contributed by atoms with Crippen LogP contribution in [0, 0.1) is 0 Å². The molecule has 6 heteroatoms. The summed E-state index contributed by atoms with van der Waals surface area (Å²) in [5.41, 5.74) is 0.0142. The molecule has 0 aromatic heterocycles. The molecule has 0 amide bonds. The zero-order valence-corrected chi connectivity index (χ0v) is 16.7. The molecule has 0 bridgehead atoms. The fourth-order valence-corrected chi connectivity index (χ4v) is 1.87. The van der Waals surface area contributed by atoms with Gasteiger partial charge in [0.25, 0.3) is 0 Å². The Balaban J connectivity index is 0.000000922. The van der Waals surface area contributed by atoms with Crippen molar-refractivity contribution in [1.82, 2.24) is 9.80 Å². The molecule has 1 aromatic carbocycles. The maximum Gasteiger partial charge on any atom is 0.249 e. The van der Waals surface area contributed by atoms with E-state index in [1.54, 1.807) is 0 Å². The molecule has 0 fully saturated rings. The second-order valence-corrected chi connectivity index (χ2v) is 7.40. The van der Waals surface area contributed by atoms with Crippen molar-refractivity contribution in [2.24, 2.45) is 0 Å². The summed E-state index contributed by atoms with van der Waals surface area (Å²) in [6.45, 7) is 11.7. The summed E-state index contributed by atoms with van der Waals surface area (Å²) in [6.07, 6.45) is 0. The highest BCUT2D eigenvalue weighted by Gasteiger charge is 2.29. The molecule has 0 aliphatic heterocycles. The molecule has 1 rings (SSSR count). The number of nitrogens with one attached hydrogen (secondary N) is 1. The molecule has 0 aliphatic rings. The second-order valence-electron chi connectivity index (χ2n) is 7.40. The van der Waals surface area contributed by atoms with Crippen molar-refractivity contribution in [2.45, 2.75) is 33.1 Å². The second kappa shape index (κ2) is 10.6. The predicted molar refractivity (Wildman–Crippen MR) is 102 cm³/mol. The SMILES string of the molecule is CCN(C)C.CN(C)CCOCCNc1c(C(C)(C)C)c(=O)c1=O. The first-order valence-electron chi connectivity index (χ1n) is 8.47. The summed E-state index contributed by atoms with van der Waals surface area (Å²) in [5.74, 6) is 0. The summed E-state index contributed by atoms with van der Waals surface area (Å²) >= 11 is 0. The van der Waals surface area contributed by atoms with E-state index >= 15 is 0 Å². The summed E-state index contributed by atoms with van der Waals surface area (Å²) in [7, 11) is 8.08. The van der Waals surface area contributed by atoms with Gasteiger partial charge in [-0.2, -0.15) is 0 Å². The number of rotatable bonds is 8. The monoisotopic (exact) mass is 341 g/mol. The quantitative estimate of drug-likeness (QED) is 0.565. The number of nitrogens with zero attached hydrogens (tertiary/aromatic N) is 2. The Hall–Kier alpha value is -1.24. The van der Waals surface area contributed by atoms with Crippen LogP contribution in [-0.4, -0.2) is 70.8 Å². The Labute approximate surface area is 146 Å². The van der Waals surface area contributed by atoms with Gasteiger partial charge in [-0.15, -0.1) is 0 Å². The van der Waals surface area contributed by atoms with Crippen LogP contribution >= 0.6 is 0 Å². The summed E-state index contributed by atoms with van der Waals surface area (Å²) in [5, 5.41) is 3.01. The van der Waals surface area contributed by atoms with Gasteiger partial charge in [0.05, 0.1) is 18.9 Å². The average molecular weight is 341 g/mol. The van der Waals surface area contributed by atoms with Gasteiger partial charge < -0.3 is 19.9 Å². The molecule has 0 heterocycles. The third kappa shape index (κ3) is 8.04. The summed E-state index contributed by atoms with van der Waals surface area (Å²) < 4.78 is 5.42. The number of hydrogen-bond donors (Lipinski definition) is 1. The van der Waals surface area contributed by atoms with Crippen molar-refractivity contribution < 1.29 is 4.74 Å². The van der Waals surface area contributed by atoms with E-state index in [0.29, 0.717) is 31.0 Å². The van der Waals surface area contributed by atoms with Crippen molar-refractivity contribution in [3.05, 3.63) is 26.0 Å². The molecule has 0 atom stereocenters. The van der Waals surface area contributed by atoms with Crippen LogP contribution in [0.4, 0.5) is 5.69 Å². The van der Waals surface area contributed by atoms with Gasteiger partial charge in [-0.25, -0.2) is 0 Å². The molecule has 24 heavy (non-hydrogen) atoms. The maximum atomic E-state index is 11.5. The van der Waals surface area contributed by atoms with Crippen LogP contribution in [-0.2, 0) is 10.2 Å². The fraction of sp³-hybridized carbons (Fsp3) is 0.778. The minimum atomic E-state index is -0.404. The largest absolute Gasteiger partial charge is 0.379 e. The van der Waals surface area contributed by atoms with Crippen LogP contribution in [0.3, 0.4) is 0 Å². The van der Waals surface area contributed by atoms with Gasteiger partial charge >= 0.3 is 0 Å². The van der Waals surface area contributed by atoms with E-state index in [1.807, 2.05) is 39.8 Å². The zero-order chi connectivity index (χ0) is 18.9. The average Bonchev–Trinajstić information content (AvgIpc) is 2.47. The van der Waals surface area contributed by atoms with Crippen LogP contribution < -0.4 is 16.2 Å². The number of anilines is 1. The van der Waals surface area contributed by atoms with E-state index in [2.05, 4.69) is 31.2 Å². The van der Waals surface area contributed by atoms with Gasteiger partial charge in [-0.3, -0.25) is 9.59 Å². The van der Waals surface area contributed by atoms with Gasteiger partial charge in [0, 0.05) is 18.7 Å². The topological polar surface area (TPSA) is 61.9 Å². The number of ether oxygens (including phenoxy) is 1. The standard InChI is InChI=1S/C14H24N2O3.C4H11N/c1-14(2,3)10-11(13(18)12(10)17)15-6-8-19-9-7-16(4)5;1-4-5(2)3/h15H,6-9H2,1-5H3;4H2,1-3H3. The lowest BCUT2D eigenvalue weighted by Gasteiger charge is -2.24. The fourth-order valence-electron chi connectivity index (χ4n) is 1.87. The van der Waals surface area contributed by atoms with Crippen LogP contribution in [0.5, 0.6) is 0 Å². The molecule has 6 nitrogen and oxygen atoms in total. The highest BCUT2D eigenvalue weighted by atomic mass is 16.5. The third-order valence-corrected chi connectivity index (χ3v) is 3.52. The van der Waals surface area contributed by atoms with Crippen molar-refractivity contribution in [3.8, 4) is 0 Å². The lowest BCUT2D eigenvalue weighted by molar-refractivity contribution is 0.126. The molecule has 0 saturated heterocycles. The van der Waals surface area contributed by atoms with E-state index in [9.17, 15) is 9.59 Å². The van der Waals surface area contributed by atoms with Gasteiger partial charge in [0.15, 0.2) is 0 Å². The molecule has 0 radical (unpaired) electrons. The highest BCUT2D eigenvalue weighted by molar-refractivity contribution is 5.59. The Bertz CT molecular complexity index is 538. The molecule has 140 valence electrons. The first-order chi connectivity index (χ1) is 11.0. The smallest absolute Gasteiger partial charge is 0.249 e. The van der Waals surface area contributed by atoms with Crippen molar-refractivity contribution >= 4 is 5.69 Å². The molecular formula is C18H35N3O3.